The molecule has 3 amide bonds. The molecule has 0 aliphatic carbocycles. The molecule has 35 heavy (non-hydrogen) atoms. The molecule has 186 valence electrons. The Morgan fingerprint density at radius 1 is 0.914 bits per heavy atom. The number of nitrogens with one attached hydrogen (secondary N) is 4. The van der Waals surface area contributed by atoms with Crippen molar-refractivity contribution in [3.05, 3.63) is 65.7 Å². The van der Waals surface area contributed by atoms with Gasteiger partial charge >= 0.3 is 5.97 Å². The Labute approximate surface area is 210 Å². The van der Waals surface area contributed by atoms with E-state index in [1.807, 2.05) is 30.3 Å². The summed E-state index contributed by atoms with van der Waals surface area (Å²) in [5, 5.41) is 5.01. The standard InChI is InChI=1S/C25H30N4O5S/c1-17(2)23(32)26-20-12-10-19(11-13-20)24(33)28-29-25(35)27-21(30)14-15-22(31)34-16-6-9-18-7-4-3-5-8-18/h3-5,7-8,10-13,17H,6,9,14-16H2,1-2H3,(H,26,32)(H,28,33)(H2,27,29,30,35). The topological polar surface area (TPSA) is 126 Å². The molecule has 0 aromatic heterocycles. The molecule has 2 aromatic carbocycles. The molecular formula is C25H30N4O5S. The smallest absolute Gasteiger partial charge is 0.306 e. The summed E-state index contributed by atoms with van der Waals surface area (Å²) in [5.41, 5.74) is 6.87. The fourth-order valence-corrected chi connectivity index (χ4v) is 2.96. The third-order valence-corrected chi connectivity index (χ3v) is 4.96. The average Bonchev–Trinajstić information content (AvgIpc) is 2.85. The molecule has 0 fully saturated rings. The second kappa shape index (κ2) is 14.5. The van der Waals surface area contributed by atoms with Crippen LogP contribution in [0.1, 0.15) is 49.0 Å². The molecule has 0 aliphatic heterocycles. The Kier molecular flexibility index (Phi) is 11.3. The summed E-state index contributed by atoms with van der Waals surface area (Å²) >= 11 is 4.98. The first-order valence-electron chi connectivity index (χ1n) is 11.2. The lowest BCUT2D eigenvalue weighted by molar-refractivity contribution is -0.145. The number of rotatable bonds is 10. The van der Waals surface area contributed by atoms with Crippen LogP contribution in [0.25, 0.3) is 0 Å². The van der Waals surface area contributed by atoms with E-state index >= 15 is 0 Å². The summed E-state index contributed by atoms with van der Waals surface area (Å²) in [6, 6.07) is 16.2. The number of benzene rings is 2. The predicted molar refractivity (Wildman–Crippen MR) is 136 cm³/mol. The van der Waals surface area contributed by atoms with E-state index in [0.29, 0.717) is 17.7 Å². The van der Waals surface area contributed by atoms with Gasteiger partial charge in [-0.3, -0.25) is 30.0 Å². The predicted octanol–water partition coefficient (Wildman–Crippen LogP) is 2.87. The van der Waals surface area contributed by atoms with Crippen LogP contribution in [0.15, 0.2) is 54.6 Å². The zero-order valence-electron chi connectivity index (χ0n) is 19.8. The van der Waals surface area contributed by atoms with E-state index < -0.39 is 17.8 Å². The highest BCUT2D eigenvalue weighted by molar-refractivity contribution is 7.80. The number of anilines is 1. The van der Waals surface area contributed by atoms with Crippen molar-refractivity contribution in [2.45, 2.75) is 39.5 Å². The average molecular weight is 499 g/mol. The number of amides is 3. The third-order valence-electron chi connectivity index (χ3n) is 4.75. The zero-order chi connectivity index (χ0) is 25.6. The van der Waals surface area contributed by atoms with Gasteiger partial charge in [0.1, 0.15) is 0 Å². The van der Waals surface area contributed by atoms with E-state index in [4.69, 9.17) is 17.0 Å². The van der Waals surface area contributed by atoms with Gasteiger partial charge in [-0.05, 0) is 54.9 Å². The van der Waals surface area contributed by atoms with E-state index in [2.05, 4.69) is 21.5 Å². The highest BCUT2D eigenvalue weighted by atomic mass is 32.1. The molecular weight excluding hydrogens is 468 g/mol. The minimum Gasteiger partial charge on any atom is -0.466 e. The quantitative estimate of drug-likeness (QED) is 0.172. The fraction of sp³-hybridized carbons (Fsp3) is 0.320. The highest BCUT2D eigenvalue weighted by Crippen LogP contribution is 2.11. The normalized spacial score (nSPS) is 10.3. The Morgan fingerprint density at radius 2 is 1.60 bits per heavy atom. The maximum atomic E-state index is 12.2. The van der Waals surface area contributed by atoms with Crippen LogP contribution >= 0.6 is 12.2 Å². The molecule has 0 aliphatic rings. The van der Waals surface area contributed by atoms with Crippen molar-refractivity contribution in [3.8, 4) is 0 Å². The number of carbonyl (C=O) groups is 4. The molecule has 0 saturated heterocycles. The fourth-order valence-electron chi connectivity index (χ4n) is 2.79. The molecule has 0 heterocycles. The second-order valence-corrected chi connectivity index (χ2v) is 8.40. The van der Waals surface area contributed by atoms with Crippen LogP contribution in [-0.2, 0) is 25.5 Å². The number of hydrogen-bond acceptors (Lipinski definition) is 6. The van der Waals surface area contributed by atoms with Crippen LogP contribution in [0.3, 0.4) is 0 Å². The summed E-state index contributed by atoms with van der Waals surface area (Å²) < 4.78 is 5.14. The largest absolute Gasteiger partial charge is 0.466 e. The Bertz CT molecular complexity index is 1030. The van der Waals surface area contributed by atoms with E-state index in [0.717, 1.165) is 6.42 Å². The van der Waals surface area contributed by atoms with Gasteiger partial charge in [0.25, 0.3) is 5.91 Å². The molecule has 0 atom stereocenters. The SMILES string of the molecule is CC(C)C(=O)Nc1ccc(C(=O)NNC(=S)NC(=O)CCC(=O)OCCCc2ccccc2)cc1. The van der Waals surface area contributed by atoms with Gasteiger partial charge in [-0.15, -0.1) is 0 Å². The van der Waals surface area contributed by atoms with Gasteiger partial charge in [0, 0.05) is 23.6 Å². The minimum absolute atomic E-state index is 0.0775. The molecule has 4 N–H and O–H groups in total. The van der Waals surface area contributed by atoms with Gasteiger partial charge in [-0.1, -0.05) is 44.2 Å². The maximum Gasteiger partial charge on any atom is 0.306 e. The van der Waals surface area contributed by atoms with Crippen LogP contribution in [-0.4, -0.2) is 35.4 Å². The lowest BCUT2D eigenvalue weighted by Gasteiger charge is -2.11. The van der Waals surface area contributed by atoms with E-state index in [1.165, 1.54) is 5.56 Å². The first-order chi connectivity index (χ1) is 16.7. The van der Waals surface area contributed by atoms with Crippen molar-refractivity contribution in [3.63, 3.8) is 0 Å². The van der Waals surface area contributed by atoms with Gasteiger partial charge in [0.2, 0.25) is 11.8 Å². The van der Waals surface area contributed by atoms with Crippen LogP contribution in [0.5, 0.6) is 0 Å². The van der Waals surface area contributed by atoms with Gasteiger partial charge in [-0.25, -0.2) is 0 Å². The number of esters is 1. The summed E-state index contributed by atoms with van der Waals surface area (Å²) in [4.78, 5) is 47.7. The van der Waals surface area contributed by atoms with E-state index in [-0.39, 0.29) is 36.4 Å². The Morgan fingerprint density at radius 3 is 2.26 bits per heavy atom. The number of hydrogen-bond donors (Lipinski definition) is 4. The van der Waals surface area contributed by atoms with Gasteiger partial charge < -0.3 is 15.4 Å². The van der Waals surface area contributed by atoms with E-state index in [9.17, 15) is 19.2 Å². The van der Waals surface area contributed by atoms with Crippen molar-refractivity contribution >= 4 is 46.7 Å². The monoisotopic (exact) mass is 498 g/mol. The molecule has 0 bridgehead atoms. The molecule has 0 unspecified atom stereocenters. The van der Waals surface area contributed by atoms with Crippen LogP contribution in [0, 0.1) is 5.92 Å². The minimum atomic E-state index is -0.484. The van der Waals surface area contributed by atoms with Gasteiger partial charge in [0.15, 0.2) is 5.11 Å². The second-order valence-electron chi connectivity index (χ2n) is 7.99. The number of thiocarbonyl (C=S) groups is 1. The molecule has 9 nitrogen and oxygen atoms in total. The van der Waals surface area contributed by atoms with Crippen molar-refractivity contribution in [2.24, 2.45) is 5.92 Å². The Hall–Kier alpha value is -3.79. The molecule has 10 heteroatoms. The number of carbonyl (C=O) groups excluding carboxylic acids is 4. The van der Waals surface area contributed by atoms with Gasteiger partial charge in [0.05, 0.1) is 13.0 Å². The molecule has 2 aromatic rings. The molecule has 0 saturated carbocycles. The zero-order valence-corrected chi connectivity index (χ0v) is 20.6. The van der Waals surface area contributed by atoms with Gasteiger partial charge in [-0.2, -0.15) is 0 Å². The molecule has 0 spiro atoms. The number of aryl methyl sites for hydroxylation is 1. The molecule has 0 radical (unpaired) electrons. The van der Waals surface area contributed by atoms with Crippen molar-refractivity contribution < 1.29 is 23.9 Å². The lowest BCUT2D eigenvalue weighted by Crippen LogP contribution is -2.48. The number of ether oxygens (including phenoxy) is 1. The summed E-state index contributed by atoms with van der Waals surface area (Å²) in [5.74, 6) is -1.71. The van der Waals surface area contributed by atoms with Crippen molar-refractivity contribution in [2.75, 3.05) is 11.9 Å². The van der Waals surface area contributed by atoms with Crippen LogP contribution in [0.4, 0.5) is 5.69 Å². The van der Waals surface area contributed by atoms with Crippen LogP contribution < -0.4 is 21.5 Å². The summed E-state index contributed by atoms with van der Waals surface area (Å²) in [6.45, 7) is 3.85. The Balaban J connectivity index is 1.61. The van der Waals surface area contributed by atoms with E-state index in [1.54, 1.807) is 38.1 Å². The number of hydrazine groups is 1. The third kappa shape index (κ3) is 10.8. The summed E-state index contributed by atoms with van der Waals surface area (Å²) in [6.07, 6.45) is 1.33. The lowest BCUT2D eigenvalue weighted by atomic mass is 10.1. The molecule has 2 rings (SSSR count). The first kappa shape index (κ1) is 27.5. The van der Waals surface area contributed by atoms with Crippen molar-refractivity contribution in [1.29, 1.82) is 0 Å². The highest BCUT2D eigenvalue weighted by Gasteiger charge is 2.12. The first-order valence-corrected chi connectivity index (χ1v) is 11.7. The van der Waals surface area contributed by atoms with Crippen molar-refractivity contribution in [1.82, 2.24) is 16.2 Å². The maximum absolute atomic E-state index is 12.2. The summed E-state index contributed by atoms with van der Waals surface area (Å²) in [7, 11) is 0. The van der Waals surface area contributed by atoms with Crippen LogP contribution in [0.2, 0.25) is 0 Å².